The van der Waals surface area contributed by atoms with Gasteiger partial charge in [-0.15, -0.1) is 0 Å². The molecule has 0 saturated carbocycles. The van der Waals surface area contributed by atoms with Crippen LogP contribution in [0.15, 0.2) is 22.7 Å². The van der Waals surface area contributed by atoms with Crippen LogP contribution in [0, 0.1) is 0 Å². The van der Waals surface area contributed by atoms with Gasteiger partial charge in [-0.05, 0) is 67.9 Å². The molecule has 0 atom stereocenters. The summed E-state index contributed by atoms with van der Waals surface area (Å²) in [6.45, 7) is 8.12. The molecule has 1 aromatic carbocycles. The van der Waals surface area contributed by atoms with Crippen molar-refractivity contribution in [1.29, 1.82) is 0 Å². The van der Waals surface area contributed by atoms with Crippen molar-refractivity contribution in [1.82, 2.24) is 5.32 Å². The molecule has 0 aliphatic rings. The van der Waals surface area contributed by atoms with Gasteiger partial charge in [-0.3, -0.25) is 0 Å². The van der Waals surface area contributed by atoms with E-state index in [1.54, 1.807) is 0 Å². The Labute approximate surface area is 117 Å². The van der Waals surface area contributed by atoms with E-state index in [0.717, 1.165) is 23.2 Å². The lowest BCUT2D eigenvalue weighted by Gasteiger charge is -2.20. The smallest absolute Gasteiger partial charge is 0.133 e. The largest absolute Gasteiger partial charge is 0.492 e. The van der Waals surface area contributed by atoms with Crippen LogP contribution >= 0.6 is 27.5 Å². The van der Waals surface area contributed by atoms with Gasteiger partial charge in [-0.25, -0.2) is 0 Å². The zero-order chi connectivity index (χ0) is 12.9. The molecule has 1 aromatic rings. The second-order valence-electron chi connectivity index (χ2n) is 4.95. The minimum atomic E-state index is 0.168. The van der Waals surface area contributed by atoms with Crippen LogP contribution in [0.25, 0.3) is 0 Å². The molecule has 0 radical (unpaired) electrons. The van der Waals surface area contributed by atoms with Crippen LogP contribution in [0.2, 0.25) is 5.02 Å². The van der Waals surface area contributed by atoms with Crippen LogP contribution in [-0.2, 0) is 0 Å². The van der Waals surface area contributed by atoms with Crippen molar-refractivity contribution >= 4 is 27.5 Å². The molecule has 17 heavy (non-hydrogen) atoms. The number of rotatable bonds is 5. The third-order valence-corrected chi connectivity index (χ3v) is 2.98. The molecule has 0 aliphatic heterocycles. The van der Waals surface area contributed by atoms with Crippen molar-refractivity contribution in [2.75, 3.05) is 13.2 Å². The number of nitrogens with one attached hydrogen (secondary N) is 1. The Balaban J connectivity index is 2.27. The molecule has 0 fully saturated rings. The fourth-order valence-corrected chi connectivity index (χ4v) is 2.11. The summed E-state index contributed by atoms with van der Waals surface area (Å²) < 4.78 is 6.56. The molecule has 0 spiro atoms. The number of hydrogen-bond donors (Lipinski definition) is 1. The van der Waals surface area contributed by atoms with Crippen molar-refractivity contribution in [3.05, 3.63) is 27.7 Å². The average Bonchev–Trinajstić information content (AvgIpc) is 2.18. The third kappa shape index (κ3) is 6.29. The SMILES string of the molecule is CC(C)(C)NCCCOc1ccc(Cl)cc1Br. The molecule has 0 aliphatic carbocycles. The summed E-state index contributed by atoms with van der Waals surface area (Å²) in [6.07, 6.45) is 0.979. The first-order valence-electron chi connectivity index (χ1n) is 5.71. The molecular formula is C13H19BrClNO. The fraction of sp³-hybridized carbons (Fsp3) is 0.538. The van der Waals surface area contributed by atoms with Crippen LogP contribution in [0.4, 0.5) is 0 Å². The van der Waals surface area contributed by atoms with E-state index in [0.29, 0.717) is 11.6 Å². The van der Waals surface area contributed by atoms with Gasteiger partial charge in [0, 0.05) is 10.6 Å². The summed E-state index contributed by atoms with van der Waals surface area (Å²) in [5, 5.41) is 4.13. The Kier molecular flexibility index (Phi) is 5.77. The van der Waals surface area contributed by atoms with Crippen LogP contribution in [0.5, 0.6) is 5.75 Å². The summed E-state index contributed by atoms with van der Waals surface area (Å²) in [7, 11) is 0. The summed E-state index contributed by atoms with van der Waals surface area (Å²) in [5.74, 6) is 0.838. The predicted molar refractivity (Wildman–Crippen MR) is 77.0 cm³/mol. The molecule has 1 N–H and O–H groups in total. The van der Waals surface area contributed by atoms with E-state index in [9.17, 15) is 0 Å². The molecule has 2 nitrogen and oxygen atoms in total. The monoisotopic (exact) mass is 319 g/mol. The van der Waals surface area contributed by atoms with Crippen LogP contribution < -0.4 is 10.1 Å². The average molecular weight is 321 g/mol. The van der Waals surface area contributed by atoms with E-state index in [2.05, 4.69) is 42.0 Å². The number of benzene rings is 1. The highest BCUT2D eigenvalue weighted by atomic mass is 79.9. The van der Waals surface area contributed by atoms with E-state index in [-0.39, 0.29) is 5.54 Å². The van der Waals surface area contributed by atoms with Crippen molar-refractivity contribution in [2.45, 2.75) is 32.7 Å². The van der Waals surface area contributed by atoms with E-state index in [4.69, 9.17) is 16.3 Å². The highest BCUT2D eigenvalue weighted by molar-refractivity contribution is 9.10. The minimum absolute atomic E-state index is 0.168. The van der Waals surface area contributed by atoms with Gasteiger partial charge in [-0.1, -0.05) is 11.6 Å². The second kappa shape index (κ2) is 6.62. The van der Waals surface area contributed by atoms with Crippen molar-refractivity contribution in [3.63, 3.8) is 0 Å². The molecule has 4 heteroatoms. The normalized spacial score (nSPS) is 11.6. The lowest BCUT2D eigenvalue weighted by atomic mass is 10.1. The van der Waals surface area contributed by atoms with Gasteiger partial charge in [0.2, 0.25) is 0 Å². The maximum absolute atomic E-state index is 5.86. The zero-order valence-corrected chi connectivity index (χ0v) is 12.9. The summed E-state index contributed by atoms with van der Waals surface area (Å²) in [6, 6.07) is 5.54. The summed E-state index contributed by atoms with van der Waals surface area (Å²) in [4.78, 5) is 0. The van der Waals surface area contributed by atoms with Crippen LogP contribution in [0.3, 0.4) is 0 Å². The van der Waals surface area contributed by atoms with Crippen molar-refractivity contribution in [2.24, 2.45) is 0 Å². The number of hydrogen-bond acceptors (Lipinski definition) is 2. The van der Waals surface area contributed by atoms with E-state index >= 15 is 0 Å². The van der Waals surface area contributed by atoms with Gasteiger partial charge in [0.15, 0.2) is 0 Å². The Morgan fingerprint density at radius 2 is 2.06 bits per heavy atom. The molecular weight excluding hydrogens is 302 g/mol. The Morgan fingerprint density at radius 1 is 1.35 bits per heavy atom. The number of ether oxygens (including phenoxy) is 1. The quantitative estimate of drug-likeness (QED) is 0.819. The topological polar surface area (TPSA) is 21.3 Å². The molecule has 0 bridgehead atoms. The van der Waals surface area contributed by atoms with Gasteiger partial charge in [0.25, 0.3) is 0 Å². The fourth-order valence-electron chi connectivity index (χ4n) is 1.31. The van der Waals surface area contributed by atoms with E-state index < -0.39 is 0 Å². The molecule has 0 amide bonds. The van der Waals surface area contributed by atoms with Gasteiger partial charge < -0.3 is 10.1 Å². The lowest BCUT2D eigenvalue weighted by molar-refractivity contribution is 0.296. The molecule has 0 heterocycles. The van der Waals surface area contributed by atoms with Crippen LogP contribution in [-0.4, -0.2) is 18.7 Å². The summed E-state index contributed by atoms with van der Waals surface area (Å²) >= 11 is 9.28. The molecule has 1 rings (SSSR count). The zero-order valence-electron chi connectivity index (χ0n) is 10.5. The van der Waals surface area contributed by atoms with Gasteiger partial charge in [0.1, 0.15) is 5.75 Å². The third-order valence-electron chi connectivity index (χ3n) is 2.13. The maximum Gasteiger partial charge on any atom is 0.133 e. The van der Waals surface area contributed by atoms with Gasteiger partial charge >= 0.3 is 0 Å². The molecule has 0 unspecified atom stereocenters. The first kappa shape index (κ1) is 14.8. The Bertz CT molecular complexity index is 363. The predicted octanol–water partition coefficient (Wildman–Crippen LogP) is 4.26. The van der Waals surface area contributed by atoms with Gasteiger partial charge in [-0.2, -0.15) is 0 Å². The number of halogens is 2. The first-order valence-corrected chi connectivity index (χ1v) is 6.88. The van der Waals surface area contributed by atoms with E-state index in [1.165, 1.54) is 0 Å². The lowest BCUT2D eigenvalue weighted by Crippen LogP contribution is -2.36. The molecule has 0 saturated heterocycles. The summed E-state index contributed by atoms with van der Waals surface area (Å²) in [5.41, 5.74) is 0.168. The highest BCUT2D eigenvalue weighted by Gasteiger charge is 2.07. The van der Waals surface area contributed by atoms with Crippen LogP contribution in [0.1, 0.15) is 27.2 Å². The molecule has 0 aromatic heterocycles. The van der Waals surface area contributed by atoms with E-state index in [1.807, 2.05) is 18.2 Å². The Morgan fingerprint density at radius 3 is 2.65 bits per heavy atom. The highest BCUT2D eigenvalue weighted by Crippen LogP contribution is 2.27. The first-order chi connectivity index (χ1) is 7.88. The second-order valence-corrected chi connectivity index (χ2v) is 6.24. The standard InChI is InChI=1S/C13H19BrClNO/c1-13(2,3)16-7-4-8-17-12-6-5-10(15)9-11(12)14/h5-6,9,16H,4,7-8H2,1-3H3. The van der Waals surface area contributed by atoms with Gasteiger partial charge in [0.05, 0.1) is 11.1 Å². The van der Waals surface area contributed by atoms with Crippen molar-refractivity contribution in [3.8, 4) is 5.75 Å². The van der Waals surface area contributed by atoms with Crippen molar-refractivity contribution < 1.29 is 4.74 Å². The minimum Gasteiger partial charge on any atom is -0.492 e. The Hall–Kier alpha value is -0.250. The molecule has 96 valence electrons. The maximum atomic E-state index is 5.86.